The van der Waals surface area contributed by atoms with Crippen LogP contribution in [0.25, 0.3) is 0 Å². The molecule has 0 unspecified atom stereocenters. The first kappa shape index (κ1) is 15.4. The Morgan fingerprint density at radius 3 is 2.90 bits per heavy atom. The van der Waals surface area contributed by atoms with Gasteiger partial charge < -0.3 is 9.88 Å². The Balaban J connectivity index is 1.74. The second kappa shape index (κ2) is 7.17. The van der Waals surface area contributed by atoms with E-state index in [0.717, 1.165) is 22.6 Å². The zero-order valence-corrected chi connectivity index (χ0v) is 12.6. The van der Waals surface area contributed by atoms with Crippen LogP contribution in [0.1, 0.15) is 17.7 Å². The summed E-state index contributed by atoms with van der Waals surface area (Å²) in [6, 6.07) is 6.32. The molecule has 0 fully saturated rings. The predicted octanol–water partition coefficient (Wildman–Crippen LogP) is 2.11. The number of benzene rings is 1. The number of nitrogens with one attached hydrogen (secondary N) is 1. The number of hydrogen-bond donors (Lipinski definition) is 1. The second-order valence-corrected chi connectivity index (χ2v) is 5.60. The molecule has 0 saturated carbocycles. The summed E-state index contributed by atoms with van der Waals surface area (Å²) in [5.74, 6) is -0.380. The van der Waals surface area contributed by atoms with Crippen molar-refractivity contribution in [2.24, 2.45) is 0 Å². The lowest BCUT2D eigenvalue weighted by Gasteiger charge is -2.07. The SMILES string of the molecule is Cc1csc(=O)n1CCC(=O)NCCc1cccc(F)c1. The van der Waals surface area contributed by atoms with E-state index >= 15 is 0 Å². The highest BCUT2D eigenvalue weighted by atomic mass is 32.1. The van der Waals surface area contributed by atoms with Gasteiger partial charge in [0.05, 0.1) is 0 Å². The lowest BCUT2D eigenvalue weighted by molar-refractivity contribution is -0.121. The van der Waals surface area contributed by atoms with Gasteiger partial charge in [0.1, 0.15) is 5.82 Å². The number of aromatic nitrogens is 1. The predicted molar refractivity (Wildman–Crippen MR) is 81.0 cm³/mol. The van der Waals surface area contributed by atoms with Crippen molar-refractivity contribution in [3.63, 3.8) is 0 Å². The van der Waals surface area contributed by atoms with Crippen LogP contribution in [0, 0.1) is 12.7 Å². The highest BCUT2D eigenvalue weighted by Crippen LogP contribution is 2.04. The van der Waals surface area contributed by atoms with E-state index in [0.29, 0.717) is 19.5 Å². The standard InChI is InChI=1S/C15H17FN2O2S/c1-11-10-21-15(20)18(11)8-6-14(19)17-7-5-12-3-2-4-13(16)9-12/h2-4,9-10H,5-8H2,1H3,(H,17,19). The summed E-state index contributed by atoms with van der Waals surface area (Å²) in [6.07, 6.45) is 0.849. The van der Waals surface area contributed by atoms with Crippen LogP contribution in [-0.4, -0.2) is 17.0 Å². The molecule has 2 rings (SSSR count). The zero-order valence-electron chi connectivity index (χ0n) is 11.8. The third kappa shape index (κ3) is 4.53. The zero-order chi connectivity index (χ0) is 15.2. The Morgan fingerprint density at radius 1 is 1.43 bits per heavy atom. The van der Waals surface area contributed by atoms with E-state index in [2.05, 4.69) is 5.32 Å². The molecule has 0 aliphatic carbocycles. The van der Waals surface area contributed by atoms with Gasteiger partial charge in [0.15, 0.2) is 0 Å². The molecule has 2 aromatic rings. The van der Waals surface area contributed by atoms with Gasteiger partial charge in [0, 0.05) is 30.6 Å². The molecule has 0 radical (unpaired) electrons. The van der Waals surface area contributed by atoms with Crippen molar-refractivity contribution < 1.29 is 9.18 Å². The molecule has 0 atom stereocenters. The first-order valence-electron chi connectivity index (χ1n) is 6.72. The molecular formula is C15H17FN2O2S. The van der Waals surface area contributed by atoms with Crippen molar-refractivity contribution in [3.8, 4) is 0 Å². The van der Waals surface area contributed by atoms with Gasteiger partial charge in [-0.2, -0.15) is 0 Å². The summed E-state index contributed by atoms with van der Waals surface area (Å²) in [7, 11) is 0. The number of halogens is 1. The van der Waals surface area contributed by atoms with Crippen molar-refractivity contribution in [1.82, 2.24) is 9.88 Å². The Kier molecular flexibility index (Phi) is 5.27. The first-order valence-corrected chi connectivity index (χ1v) is 7.60. The second-order valence-electron chi connectivity index (χ2n) is 4.77. The fourth-order valence-electron chi connectivity index (χ4n) is 2.02. The van der Waals surface area contributed by atoms with Crippen LogP contribution in [0.4, 0.5) is 4.39 Å². The van der Waals surface area contributed by atoms with E-state index < -0.39 is 0 Å². The van der Waals surface area contributed by atoms with Gasteiger partial charge in [-0.05, 0) is 31.0 Å². The third-order valence-corrected chi connectivity index (χ3v) is 4.04. The number of carbonyl (C=O) groups is 1. The topological polar surface area (TPSA) is 51.1 Å². The van der Waals surface area contributed by atoms with Gasteiger partial charge in [0.2, 0.25) is 5.91 Å². The molecule has 0 spiro atoms. The Bertz CT molecular complexity index is 678. The summed E-state index contributed by atoms with van der Waals surface area (Å²) in [4.78, 5) is 23.2. The lowest BCUT2D eigenvalue weighted by Crippen LogP contribution is -2.28. The van der Waals surface area contributed by atoms with Crippen LogP contribution in [-0.2, 0) is 17.8 Å². The van der Waals surface area contributed by atoms with Crippen molar-refractivity contribution in [2.75, 3.05) is 6.54 Å². The quantitative estimate of drug-likeness (QED) is 0.888. The number of amides is 1. The molecule has 1 aromatic heterocycles. The Morgan fingerprint density at radius 2 is 2.24 bits per heavy atom. The molecule has 0 aliphatic rings. The summed E-state index contributed by atoms with van der Waals surface area (Å²) >= 11 is 1.14. The largest absolute Gasteiger partial charge is 0.356 e. The third-order valence-electron chi connectivity index (χ3n) is 3.16. The highest BCUT2D eigenvalue weighted by molar-refractivity contribution is 7.07. The van der Waals surface area contributed by atoms with E-state index in [-0.39, 0.29) is 23.0 Å². The Hall–Kier alpha value is -1.95. The van der Waals surface area contributed by atoms with E-state index in [1.54, 1.807) is 16.0 Å². The van der Waals surface area contributed by atoms with Crippen molar-refractivity contribution in [1.29, 1.82) is 0 Å². The van der Waals surface area contributed by atoms with E-state index in [1.165, 1.54) is 12.1 Å². The molecule has 21 heavy (non-hydrogen) atoms. The van der Waals surface area contributed by atoms with Crippen molar-refractivity contribution in [3.05, 3.63) is 56.4 Å². The molecule has 4 nitrogen and oxygen atoms in total. The minimum absolute atomic E-state index is 0.0416. The average Bonchev–Trinajstić information content (AvgIpc) is 2.76. The van der Waals surface area contributed by atoms with Gasteiger partial charge in [-0.25, -0.2) is 4.39 Å². The van der Waals surface area contributed by atoms with Crippen molar-refractivity contribution >= 4 is 17.2 Å². The maximum Gasteiger partial charge on any atom is 0.307 e. The molecule has 1 aromatic carbocycles. The molecule has 1 amide bonds. The fraction of sp³-hybridized carbons (Fsp3) is 0.333. The van der Waals surface area contributed by atoms with Crippen LogP contribution >= 0.6 is 11.3 Å². The molecule has 0 saturated heterocycles. The number of carbonyl (C=O) groups excluding carboxylic acids is 1. The fourth-order valence-corrected chi connectivity index (χ4v) is 2.78. The number of hydrogen-bond acceptors (Lipinski definition) is 3. The van der Waals surface area contributed by atoms with E-state index in [4.69, 9.17) is 0 Å². The minimum atomic E-state index is -0.272. The van der Waals surface area contributed by atoms with Crippen LogP contribution in [0.3, 0.4) is 0 Å². The lowest BCUT2D eigenvalue weighted by atomic mass is 10.1. The normalized spacial score (nSPS) is 10.6. The molecule has 1 heterocycles. The molecule has 0 aliphatic heterocycles. The van der Waals surface area contributed by atoms with Crippen LogP contribution in [0.2, 0.25) is 0 Å². The van der Waals surface area contributed by atoms with Gasteiger partial charge in [0.25, 0.3) is 0 Å². The van der Waals surface area contributed by atoms with Crippen molar-refractivity contribution in [2.45, 2.75) is 26.3 Å². The number of thiazole rings is 1. The Labute approximate surface area is 126 Å². The summed E-state index contributed by atoms with van der Waals surface area (Å²) in [5.41, 5.74) is 1.72. The van der Waals surface area contributed by atoms with Gasteiger partial charge in [-0.1, -0.05) is 23.5 Å². The molecule has 1 N–H and O–H groups in total. The highest BCUT2D eigenvalue weighted by Gasteiger charge is 2.06. The van der Waals surface area contributed by atoms with Gasteiger partial charge in [-0.15, -0.1) is 0 Å². The molecular weight excluding hydrogens is 291 g/mol. The summed E-state index contributed by atoms with van der Waals surface area (Å²) in [6.45, 7) is 2.69. The molecule has 6 heteroatoms. The van der Waals surface area contributed by atoms with E-state index in [1.807, 2.05) is 13.0 Å². The average molecular weight is 308 g/mol. The van der Waals surface area contributed by atoms with Crippen LogP contribution < -0.4 is 10.2 Å². The number of aryl methyl sites for hydroxylation is 1. The molecule has 112 valence electrons. The van der Waals surface area contributed by atoms with Gasteiger partial charge in [-0.3, -0.25) is 9.59 Å². The van der Waals surface area contributed by atoms with E-state index in [9.17, 15) is 14.0 Å². The smallest absolute Gasteiger partial charge is 0.307 e. The monoisotopic (exact) mass is 308 g/mol. The van der Waals surface area contributed by atoms with Crippen LogP contribution in [0.5, 0.6) is 0 Å². The summed E-state index contributed by atoms with van der Waals surface area (Å²) < 4.78 is 14.6. The number of rotatable bonds is 6. The summed E-state index contributed by atoms with van der Waals surface area (Å²) in [5, 5.41) is 4.56. The maximum absolute atomic E-state index is 13.0. The first-order chi connectivity index (χ1) is 10.1. The van der Waals surface area contributed by atoms with Gasteiger partial charge >= 0.3 is 4.87 Å². The number of nitrogens with zero attached hydrogens (tertiary/aromatic N) is 1. The van der Waals surface area contributed by atoms with Crippen LogP contribution in [0.15, 0.2) is 34.4 Å². The minimum Gasteiger partial charge on any atom is -0.356 e. The maximum atomic E-state index is 13.0. The molecule has 0 bridgehead atoms.